The van der Waals surface area contributed by atoms with Crippen LogP contribution in [-0.4, -0.2) is 45.6 Å². The summed E-state index contributed by atoms with van der Waals surface area (Å²) >= 11 is 0. The van der Waals surface area contributed by atoms with Crippen LogP contribution in [0.15, 0.2) is 30.9 Å². The number of aromatic nitrogens is 3. The summed E-state index contributed by atoms with van der Waals surface area (Å²) in [5.74, 6) is -0.264. The third-order valence-electron chi connectivity index (χ3n) is 5.23. The minimum atomic E-state index is -0.433. The van der Waals surface area contributed by atoms with Crippen LogP contribution in [0.2, 0.25) is 0 Å². The summed E-state index contributed by atoms with van der Waals surface area (Å²) in [7, 11) is 0. The zero-order chi connectivity index (χ0) is 18.8. The molecule has 2 aromatic heterocycles. The molecule has 2 fully saturated rings. The topological polar surface area (TPSA) is 71.5 Å². The Hall–Kier alpha value is -2.61. The fourth-order valence-electron chi connectivity index (χ4n) is 3.72. The van der Waals surface area contributed by atoms with Gasteiger partial charge in [-0.3, -0.25) is 14.6 Å². The van der Waals surface area contributed by atoms with Crippen LogP contribution in [0, 0.1) is 18.7 Å². The molecule has 8 heteroatoms. The van der Waals surface area contributed by atoms with Gasteiger partial charge in [0, 0.05) is 37.3 Å². The summed E-state index contributed by atoms with van der Waals surface area (Å²) in [6.07, 6.45) is 6.37. The summed E-state index contributed by atoms with van der Waals surface area (Å²) in [4.78, 5) is 32.6. The van der Waals surface area contributed by atoms with Crippen molar-refractivity contribution in [1.29, 1.82) is 0 Å². The number of carbonyl (C=O) groups is 1. The molecule has 1 amide bonds. The van der Waals surface area contributed by atoms with Crippen LogP contribution in [0.4, 0.5) is 10.2 Å². The molecule has 4 rings (SSSR count). The van der Waals surface area contributed by atoms with Gasteiger partial charge in [-0.05, 0) is 31.4 Å². The Morgan fingerprint density at radius 1 is 1.19 bits per heavy atom. The lowest BCUT2D eigenvalue weighted by atomic mass is 9.94. The van der Waals surface area contributed by atoms with Crippen molar-refractivity contribution in [1.82, 2.24) is 20.0 Å². The van der Waals surface area contributed by atoms with Gasteiger partial charge < -0.3 is 4.90 Å². The first-order valence-corrected chi connectivity index (χ1v) is 9.22. The van der Waals surface area contributed by atoms with E-state index in [9.17, 15) is 9.18 Å². The maximum absolute atomic E-state index is 13.9. The molecule has 0 saturated carbocycles. The van der Waals surface area contributed by atoms with Gasteiger partial charge in [-0.2, -0.15) is 0 Å². The molecule has 0 radical (unpaired) electrons. The molecule has 2 aromatic rings. The van der Waals surface area contributed by atoms with Crippen LogP contribution < -0.4 is 4.90 Å². The number of hydrogen-bond acceptors (Lipinski definition) is 6. The molecule has 7 nitrogen and oxygen atoms in total. The average molecular weight is 371 g/mol. The zero-order valence-corrected chi connectivity index (χ0v) is 15.2. The van der Waals surface area contributed by atoms with E-state index in [0.29, 0.717) is 38.4 Å². The molecule has 0 aromatic carbocycles. The van der Waals surface area contributed by atoms with Gasteiger partial charge in [-0.15, -0.1) is 0 Å². The Balaban J connectivity index is 1.41. The molecule has 0 spiro atoms. The average Bonchev–Trinajstić information content (AvgIpc) is 3.18. The smallest absolute Gasteiger partial charge is 0.249 e. The predicted octanol–water partition coefficient (Wildman–Crippen LogP) is 2.44. The van der Waals surface area contributed by atoms with Crippen molar-refractivity contribution in [3.05, 3.63) is 47.9 Å². The SMILES string of the molecule is Cc1ccc([C@@H]2CCON2C(=O)C2CCN(c3ncncc3F)CC2)cn1. The highest BCUT2D eigenvalue weighted by molar-refractivity contribution is 5.79. The van der Waals surface area contributed by atoms with Gasteiger partial charge in [0.25, 0.3) is 0 Å². The molecule has 0 bridgehead atoms. The second-order valence-corrected chi connectivity index (χ2v) is 6.99. The number of nitrogens with zero attached hydrogens (tertiary/aromatic N) is 5. The van der Waals surface area contributed by atoms with E-state index in [2.05, 4.69) is 15.0 Å². The molecule has 27 heavy (non-hydrogen) atoms. The van der Waals surface area contributed by atoms with Crippen molar-refractivity contribution in [3.63, 3.8) is 0 Å². The molecule has 0 aliphatic carbocycles. The van der Waals surface area contributed by atoms with E-state index < -0.39 is 5.82 Å². The summed E-state index contributed by atoms with van der Waals surface area (Å²) < 4.78 is 13.9. The van der Waals surface area contributed by atoms with Crippen LogP contribution in [0.25, 0.3) is 0 Å². The van der Waals surface area contributed by atoms with Crippen LogP contribution in [0.5, 0.6) is 0 Å². The first kappa shape index (κ1) is 17.8. The quantitative estimate of drug-likeness (QED) is 0.825. The van der Waals surface area contributed by atoms with E-state index in [-0.39, 0.29) is 17.9 Å². The minimum Gasteiger partial charge on any atom is -0.354 e. The lowest BCUT2D eigenvalue weighted by molar-refractivity contribution is -0.182. The largest absolute Gasteiger partial charge is 0.354 e. The highest BCUT2D eigenvalue weighted by Crippen LogP contribution is 2.33. The van der Waals surface area contributed by atoms with Gasteiger partial charge in [0.2, 0.25) is 5.91 Å². The molecule has 0 unspecified atom stereocenters. The molecule has 0 N–H and O–H groups in total. The third-order valence-corrected chi connectivity index (χ3v) is 5.23. The molecule has 142 valence electrons. The normalized spacial score (nSPS) is 20.9. The number of piperidine rings is 1. The Kier molecular flexibility index (Phi) is 4.98. The number of rotatable bonds is 3. The van der Waals surface area contributed by atoms with Gasteiger partial charge >= 0.3 is 0 Å². The van der Waals surface area contributed by atoms with Crippen LogP contribution in [-0.2, 0) is 9.63 Å². The molecule has 2 saturated heterocycles. The number of anilines is 1. The first-order valence-electron chi connectivity index (χ1n) is 9.22. The van der Waals surface area contributed by atoms with Crippen molar-refractivity contribution < 1.29 is 14.0 Å². The van der Waals surface area contributed by atoms with Crippen molar-refractivity contribution >= 4 is 11.7 Å². The number of halogens is 1. The Labute approximate surface area is 157 Å². The molecule has 4 heterocycles. The highest BCUT2D eigenvalue weighted by Gasteiger charge is 2.37. The number of carbonyl (C=O) groups excluding carboxylic acids is 1. The van der Waals surface area contributed by atoms with Crippen LogP contribution in [0.1, 0.15) is 36.6 Å². The molecular formula is C19H22FN5O2. The van der Waals surface area contributed by atoms with Gasteiger partial charge in [0.05, 0.1) is 18.8 Å². The van der Waals surface area contributed by atoms with Crippen molar-refractivity contribution in [2.24, 2.45) is 5.92 Å². The molecular weight excluding hydrogens is 349 g/mol. The second kappa shape index (κ2) is 7.56. The fourth-order valence-corrected chi connectivity index (χ4v) is 3.72. The molecule has 2 aliphatic heterocycles. The number of pyridine rings is 1. The summed E-state index contributed by atoms with van der Waals surface area (Å²) in [5, 5.41) is 1.53. The monoisotopic (exact) mass is 371 g/mol. The van der Waals surface area contributed by atoms with E-state index in [0.717, 1.165) is 23.9 Å². The Morgan fingerprint density at radius 3 is 2.70 bits per heavy atom. The zero-order valence-electron chi connectivity index (χ0n) is 15.2. The predicted molar refractivity (Wildman–Crippen MR) is 96.1 cm³/mol. The summed E-state index contributed by atoms with van der Waals surface area (Å²) in [6.45, 7) is 3.62. The van der Waals surface area contributed by atoms with Crippen LogP contribution >= 0.6 is 0 Å². The van der Waals surface area contributed by atoms with Gasteiger partial charge in [0.1, 0.15) is 6.33 Å². The van der Waals surface area contributed by atoms with E-state index in [1.54, 1.807) is 0 Å². The maximum atomic E-state index is 13.9. The second-order valence-electron chi connectivity index (χ2n) is 6.99. The number of hydroxylamine groups is 2. The van der Waals surface area contributed by atoms with E-state index in [4.69, 9.17) is 4.84 Å². The van der Waals surface area contributed by atoms with Gasteiger partial charge in [-0.1, -0.05) is 6.07 Å². The Morgan fingerprint density at radius 2 is 2.00 bits per heavy atom. The number of hydrogen-bond donors (Lipinski definition) is 0. The third kappa shape index (κ3) is 3.62. The highest BCUT2D eigenvalue weighted by atomic mass is 19.1. The first-order chi connectivity index (χ1) is 13.1. The molecule has 2 aliphatic rings. The van der Waals surface area contributed by atoms with Gasteiger partial charge in [-0.25, -0.2) is 19.4 Å². The van der Waals surface area contributed by atoms with Crippen molar-refractivity contribution in [2.75, 3.05) is 24.6 Å². The van der Waals surface area contributed by atoms with Crippen LogP contribution in [0.3, 0.4) is 0 Å². The minimum absolute atomic E-state index is 0.000819. The lowest BCUT2D eigenvalue weighted by Crippen LogP contribution is -2.42. The summed E-state index contributed by atoms with van der Waals surface area (Å²) in [6, 6.07) is 3.86. The number of amides is 1. The maximum Gasteiger partial charge on any atom is 0.249 e. The summed E-state index contributed by atoms with van der Waals surface area (Å²) in [5.41, 5.74) is 1.94. The van der Waals surface area contributed by atoms with E-state index in [1.807, 2.05) is 30.2 Å². The lowest BCUT2D eigenvalue weighted by Gasteiger charge is -2.34. The van der Waals surface area contributed by atoms with Gasteiger partial charge in [0.15, 0.2) is 11.6 Å². The van der Waals surface area contributed by atoms with Crippen molar-refractivity contribution in [3.8, 4) is 0 Å². The van der Waals surface area contributed by atoms with Crippen molar-refractivity contribution in [2.45, 2.75) is 32.2 Å². The van der Waals surface area contributed by atoms with E-state index >= 15 is 0 Å². The fraction of sp³-hybridized carbons (Fsp3) is 0.474. The number of aryl methyl sites for hydroxylation is 1. The standard InChI is InChI=1S/C19H22FN5O2/c1-13-2-3-15(10-22-13)17-6-9-27-25(17)19(26)14-4-7-24(8-5-14)18-16(20)11-21-12-23-18/h2-3,10-12,14,17H,4-9H2,1H3/t17-/m0/s1. The van der Waals surface area contributed by atoms with E-state index in [1.165, 1.54) is 11.4 Å². The molecule has 1 atom stereocenters. The Bertz CT molecular complexity index is 808.